The van der Waals surface area contributed by atoms with E-state index in [0.717, 1.165) is 61.5 Å². The van der Waals surface area contributed by atoms with Crippen molar-refractivity contribution in [1.29, 1.82) is 0 Å². The largest absolute Gasteiger partial charge is 0.495 e. The van der Waals surface area contributed by atoms with Crippen molar-refractivity contribution in [3.05, 3.63) is 60.2 Å². The maximum atomic E-state index is 10.5. The second-order valence-electron chi connectivity index (χ2n) is 6.59. The minimum atomic E-state index is -0.953. The number of benzene rings is 2. The molecule has 0 spiro atoms. The van der Waals surface area contributed by atoms with E-state index >= 15 is 0 Å². The zero-order chi connectivity index (χ0) is 19.8. The van der Waals surface area contributed by atoms with Gasteiger partial charge < -0.3 is 19.5 Å². The molecule has 6 nitrogen and oxygen atoms in total. The van der Waals surface area contributed by atoms with Gasteiger partial charge in [-0.3, -0.25) is 4.90 Å². The molecular formula is C22H26N2O4. The molecule has 1 heterocycles. The highest BCUT2D eigenvalue weighted by Crippen LogP contribution is 2.28. The first-order chi connectivity index (χ1) is 13.7. The summed E-state index contributed by atoms with van der Waals surface area (Å²) in [5.41, 5.74) is 1.99. The Hall–Kier alpha value is -2.99. The number of carbonyl (C=O) groups is 1. The molecule has 1 aliphatic heterocycles. The molecule has 6 heteroatoms. The Labute approximate surface area is 165 Å². The van der Waals surface area contributed by atoms with Gasteiger partial charge in [0.15, 0.2) is 0 Å². The molecule has 0 radical (unpaired) electrons. The molecule has 0 bridgehead atoms. The highest BCUT2D eigenvalue weighted by atomic mass is 16.5. The number of piperazine rings is 1. The van der Waals surface area contributed by atoms with Crippen molar-refractivity contribution in [2.75, 3.05) is 51.3 Å². The average molecular weight is 382 g/mol. The molecule has 0 aromatic heterocycles. The molecule has 0 unspecified atom stereocenters. The van der Waals surface area contributed by atoms with Gasteiger partial charge in [-0.15, -0.1) is 0 Å². The number of hydrogen-bond acceptors (Lipinski definition) is 5. The second kappa shape index (κ2) is 9.80. The quantitative estimate of drug-likeness (QED) is 0.708. The highest BCUT2D eigenvalue weighted by Gasteiger charge is 2.19. The fourth-order valence-corrected chi connectivity index (χ4v) is 3.24. The monoisotopic (exact) mass is 382 g/mol. The lowest BCUT2D eigenvalue weighted by Gasteiger charge is -2.36. The molecule has 0 amide bonds. The number of hydrogen-bond donors (Lipinski definition) is 1. The van der Waals surface area contributed by atoms with Crippen molar-refractivity contribution < 1.29 is 19.4 Å². The highest BCUT2D eigenvalue weighted by molar-refractivity contribution is 5.85. The summed E-state index contributed by atoms with van der Waals surface area (Å²) in [6.07, 6.45) is 2.69. The summed E-state index contributed by atoms with van der Waals surface area (Å²) >= 11 is 0. The van der Waals surface area contributed by atoms with Gasteiger partial charge in [0.25, 0.3) is 0 Å². The summed E-state index contributed by atoms with van der Waals surface area (Å²) in [4.78, 5) is 15.3. The number of ether oxygens (including phenoxy) is 2. The molecule has 3 rings (SSSR count). The molecular weight excluding hydrogens is 356 g/mol. The van der Waals surface area contributed by atoms with Crippen LogP contribution >= 0.6 is 0 Å². The van der Waals surface area contributed by atoms with Crippen molar-refractivity contribution >= 4 is 17.7 Å². The smallest absolute Gasteiger partial charge is 0.328 e. The normalized spacial score (nSPS) is 15.0. The van der Waals surface area contributed by atoms with Gasteiger partial charge in [0.05, 0.1) is 12.8 Å². The third kappa shape index (κ3) is 5.50. The summed E-state index contributed by atoms with van der Waals surface area (Å²) in [6, 6.07) is 15.6. The van der Waals surface area contributed by atoms with E-state index in [2.05, 4.69) is 15.9 Å². The molecule has 0 saturated carbocycles. The van der Waals surface area contributed by atoms with Gasteiger partial charge in [-0.05, 0) is 35.9 Å². The van der Waals surface area contributed by atoms with E-state index in [1.807, 2.05) is 42.5 Å². The van der Waals surface area contributed by atoms with Gasteiger partial charge in [-0.1, -0.05) is 24.3 Å². The fourth-order valence-electron chi connectivity index (χ4n) is 3.24. The van der Waals surface area contributed by atoms with Crippen molar-refractivity contribution in [2.24, 2.45) is 0 Å². The van der Waals surface area contributed by atoms with Crippen LogP contribution in [0.4, 0.5) is 5.69 Å². The molecule has 0 aliphatic carbocycles. The summed E-state index contributed by atoms with van der Waals surface area (Å²) in [5, 5.41) is 8.65. The Balaban J connectivity index is 1.41. The van der Waals surface area contributed by atoms with Crippen molar-refractivity contribution in [2.45, 2.75) is 0 Å². The van der Waals surface area contributed by atoms with Crippen LogP contribution in [-0.2, 0) is 4.79 Å². The van der Waals surface area contributed by atoms with Crippen LogP contribution in [0.2, 0.25) is 0 Å². The van der Waals surface area contributed by atoms with Crippen LogP contribution in [-0.4, -0.2) is 62.4 Å². The molecule has 2 aromatic rings. The van der Waals surface area contributed by atoms with Gasteiger partial charge in [-0.25, -0.2) is 4.79 Å². The number of rotatable bonds is 8. The van der Waals surface area contributed by atoms with Crippen molar-refractivity contribution in [1.82, 2.24) is 4.90 Å². The first-order valence-electron chi connectivity index (χ1n) is 9.40. The Morgan fingerprint density at radius 2 is 1.79 bits per heavy atom. The van der Waals surface area contributed by atoms with Gasteiger partial charge in [-0.2, -0.15) is 0 Å². The fraction of sp³-hybridized carbons (Fsp3) is 0.318. The van der Waals surface area contributed by atoms with E-state index in [1.54, 1.807) is 13.2 Å². The van der Waals surface area contributed by atoms with E-state index in [9.17, 15) is 4.79 Å². The van der Waals surface area contributed by atoms with Crippen LogP contribution in [0, 0.1) is 0 Å². The van der Waals surface area contributed by atoms with Crippen LogP contribution in [0.15, 0.2) is 54.6 Å². The number of methoxy groups -OCH3 is 1. The maximum Gasteiger partial charge on any atom is 0.328 e. The maximum absolute atomic E-state index is 10.5. The predicted octanol–water partition coefficient (Wildman–Crippen LogP) is 2.99. The molecule has 28 heavy (non-hydrogen) atoms. The third-order valence-electron chi connectivity index (χ3n) is 4.77. The molecule has 1 fully saturated rings. The van der Waals surface area contributed by atoms with Gasteiger partial charge in [0.2, 0.25) is 0 Å². The van der Waals surface area contributed by atoms with Crippen LogP contribution in [0.1, 0.15) is 5.56 Å². The van der Waals surface area contributed by atoms with Crippen LogP contribution in [0.5, 0.6) is 11.5 Å². The van der Waals surface area contributed by atoms with Crippen LogP contribution < -0.4 is 14.4 Å². The van der Waals surface area contributed by atoms with E-state index in [1.165, 1.54) is 0 Å². The predicted molar refractivity (Wildman–Crippen MR) is 110 cm³/mol. The third-order valence-corrected chi connectivity index (χ3v) is 4.77. The second-order valence-corrected chi connectivity index (χ2v) is 6.59. The Morgan fingerprint density at radius 3 is 2.46 bits per heavy atom. The minimum Gasteiger partial charge on any atom is -0.495 e. The topological polar surface area (TPSA) is 62.2 Å². The first kappa shape index (κ1) is 19.8. The molecule has 1 saturated heterocycles. The lowest BCUT2D eigenvalue weighted by molar-refractivity contribution is -0.131. The van der Waals surface area contributed by atoms with E-state index < -0.39 is 5.97 Å². The van der Waals surface area contributed by atoms with Gasteiger partial charge in [0, 0.05) is 38.8 Å². The molecule has 148 valence electrons. The van der Waals surface area contributed by atoms with E-state index in [4.69, 9.17) is 14.6 Å². The molecule has 2 aromatic carbocycles. The number of carboxylic acid groups (broad SMARTS) is 1. The first-order valence-corrected chi connectivity index (χ1v) is 9.40. The molecule has 0 atom stereocenters. The van der Waals surface area contributed by atoms with E-state index in [-0.39, 0.29) is 0 Å². The lowest BCUT2D eigenvalue weighted by Crippen LogP contribution is -2.47. The molecule has 1 aliphatic rings. The number of carboxylic acids is 1. The number of aliphatic carboxylic acids is 1. The van der Waals surface area contributed by atoms with Crippen LogP contribution in [0.3, 0.4) is 0 Å². The SMILES string of the molecule is COc1ccccc1N1CCN(CCOc2ccc(C=CC(=O)O)cc2)CC1. The summed E-state index contributed by atoms with van der Waals surface area (Å²) in [5.74, 6) is 0.757. The summed E-state index contributed by atoms with van der Waals surface area (Å²) in [7, 11) is 1.71. The summed E-state index contributed by atoms with van der Waals surface area (Å²) in [6.45, 7) is 5.40. The number of para-hydroxylation sites is 2. The van der Waals surface area contributed by atoms with Gasteiger partial charge in [0.1, 0.15) is 18.1 Å². The Bertz CT molecular complexity index is 796. The Kier molecular flexibility index (Phi) is 6.92. The van der Waals surface area contributed by atoms with E-state index in [0.29, 0.717) is 6.61 Å². The lowest BCUT2D eigenvalue weighted by atomic mass is 10.2. The van der Waals surface area contributed by atoms with Crippen LogP contribution in [0.25, 0.3) is 6.08 Å². The summed E-state index contributed by atoms with van der Waals surface area (Å²) < 4.78 is 11.3. The average Bonchev–Trinajstić information content (AvgIpc) is 2.73. The van der Waals surface area contributed by atoms with Crippen molar-refractivity contribution in [3.63, 3.8) is 0 Å². The molecule has 1 N–H and O–H groups in total. The number of nitrogens with zero attached hydrogens (tertiary/aromatic N) is 2. The Morgan fingerprint density at radius 1 is 1.07 bits per heavy atom. The zero-order valence-corrected chi connectivity index (χ0v) is 16.1. The minimum absolute atomic E-state index is 0.624. The van der Waals surface area contributed by atoms with Crippen molar-refractivity contribution in [3.8, 4) is 11.5 Å². The number of anilines is 1. The zero-order valence-electron chi connectivity index (χ0n) is 16.1. The van der Waals surface area contributed by atoms with Gasteiger partial charge >= 0.3 is 5.97 Å². The standard InChI is InChI=1S/C22H26N2O4/c1-27-21-5-3-2-4-20(21)24-14-12-23(13-15-24)16-17-28-19-9-6-18(7-10-19)8-11-22(25)26/h2-11H,12-17H2,1H3,(H,25,26).